The van der Waals surface area contributed by atoms with Crippen LogP contribution in [0.4, 0.5) is 0 Å². The van der Waals surface area contributed by atoms with Gasteiger partial charge in [0.25, 0.3) is 0 Å². The average molecular weight is 275 g/mol. The van der Waals surface area contributed by atoms with E-state index in [1.807, 2.05) is 11.8 Å². The highest BCUT2D eigenvalue weighted by Crippen LogP contribution is 2.31. The molecule has 2 aliphatic heterocycles. The lowest BCUT2D eigenvalue weighted by atomic mass is 10.2. The molecule has 2 aliphatic rings. The van der Waals surface area contributed by atoms with Gasteiger partial charge in [0.2, 0.25) is 0 Å². The summed E-state index contributed by atoms with van der Waals surface area (Å²) in [5, 5.41) is 0. The standard InChI is InChI=1S/C10H18O2S.C4H11N/c1-3-7-11-9(5-1)13-10-6-2-4-8-12-10;1-4(2)3-5/h9-10H,1-8H2;4H,3,5H2,1-2H3. The van der Waals surface area contributed by atoms with Crippen LogP contribution in [0.5, 0.6) is 0 Å². The Morgan fingerprint density at radius 2 is 1.44 bits per heavy atom. The van der Waals surface area contributed by atoms with E-state index in [0.29, 0.717) is 16.8 Å². The van der Waals surface area contributed by atoms with Crippen LogP contribution >= 0.6 is 11.8 Å². The van der Waals surface area contributed by atoms with E-state index in [1.165, 1.54) is 38.5 Å². The molecule has 2 heterocycles. The van der Waals surface area contributed by atoms with Crippen molar-refractivity contribution in [1.29, 1.82) is 0 Å². The van der Waals surface area contributed by atoms with E-state index >= 15 is 0 Å². The normalized spacial score (nSPS) is 28.7. The minimum absolute atomic E-state index is 0.414. The van der Waals surface area contributed by atoms with Crippen molar-refractivity contribution in [3.05, 3.63) is 0 Å². The molecule has 0 aromatic heterocycles. The molecule has 3 nitrogen and oxygen atoms in total. The van der Waals surface area contributed by atoms with E-state index in [2.05, 4.69) is 13.8 Å². The summed E-state index contributed by atoms with van der Waals surface area (Å²) in [6.07, 6.45) is 7.55. The number of hydrogen-bond donors (Lipinski definition) is 1. The first-order valence-corrected chi connectivity index (χ1v) is 8.25. The molecule has 2 rings (SSSR count). The minimum atomic E-state index is 0.414. The number of thioether (sulfide) groups is 1. The first kappa shape index (κ1) is 16.3. The topological polar surface area (TPSA) is 44.5 Å². The van der Waals surface area contributed by atoms with Crippen LogP contribution in [-0.4, -0.2) is 30.6 Å². The van der Waals surface area contributed by atoms with E-state index in [1.54, 1.807) is 0 Å². The minimum Gasteiger partial charge on any atom is -0.368 e. The zero-order chi connectivity index (χ0) is 13.2. The van der Waals surface area contributed by atoms with Gasteiger partial charge in [0.15, 0.2) is 0 Å². The van der Waals surface area contributed by atoms with E-state index in [-0.39, 0.29) is 0 Å². The van der Waals surface area contributed by atoms with Crippen molar-refractivity contribution in [2.45, 2.75) is 63.2 Å². The lowest BCUT2D eigenvalue weighted by Crippen LogP contribution is -2.23. The van der Waals surface area contributed by atoms with Crippen molar-refractivity contribution in [3.63, 3.8) is 0 Å². The summed E-state index contributed by atoms with van der Waals surface area (Å²) in [7, 11) is 0. The predicted molar refractivity (Wildman–Crippen MR) is 78.7 cm³/mol. The highest BCUT2D eigenvalue weighted by Gasteiger charge is 2.21. The van der Waals surface area contributed by atoms with Crippen LogP contribution < -0.4 is 5.73 Å². The highest BCUT2D eigenvalue weighted by molar-refractivity contribution is 8.00. The Kier molecular flexibility index (Phi) is 9.11. The molecular formula is C14H29NO2S. The van der Waals surface area contributed by atoms with Crippen LogP contribution in [0.2, 0.25) is 0 Å². The molecular weight excluding hydrogens is 246 g/mol. The van der Waals surface area contributed by atoms with Crippen molar-refractivity contribution >= 4 is 11.8 Å². The Balaban J connectivity index is 0.000000280. The van der Waals surface area contributed by atoms with Gasteiger partial charge in [-0.05, 0) is 51.0 Å². The molecule has 2 atom stereocenters. The van der Waals surface area contributed by atoms with Gasteiger partial charge in [0.05, 0.1) is 0 Å². The van der Waals surface area contributed by atoms with Gasteiger partial charge in [-0.25, -0.2) is 0 Å². The first-order valence-electron chi connectivity index (χ1n) is 7.31. The van der Waals surface area contributed by atoms with Crippen LogP contribution in [0.15, 0.2) is 0 Å². The SMILES string of the molecule is C1CCC(SC2CCCCO2)OC1.CC(C)CN. The van der Waals surface area contributed by atoms with Gasteiger partial charge in [-0.3, -0.25) is 0 Å². The number of hydrogen-bond acceptors (Lipinski definition) is 4. The maximum Gasteiger partial charge on any atom is 0.105 e. The quantitative estimate of drug-likeness (QED) is 0.857. The molecule has 2 N–H and O–H groups in total. The van der Waals surface area contributed by atoms with Gasteiger partial charge < -0.3 is 15.2 Å². The third-order valence-corrected chi connectivity index (χ3v) is 4.40. The Bertz CT molecular complexity index is 174. The second-order valence-electron chi connectivity index (χ2n) is 5.36. The lowest BCUT2D eigenvalue weighted by molar-refractivity contribution is 0.0530. The van der Waals surface area contributed by atoms with Crippen LogP contribution in [-0.2, 0) is 9.47 Å². The zero-order valence-corrected chi connectivity index (χ0v) is 12.7. The molecule has 2 saturated heterocycles. The first-order chi connectivity index (χ1) is 8.72. The molecule has 0 aromatic carbocycles. The van der Waals surface area contributed by atoms with Gasteiger partial charge in [-0.15, -0.1) is 0 Å². The summed E-state index contributed by atoms with van der Waals surface area (Å²) in [5.74, 6) is 0.662. The Labute approximate surface area is 116 Å². The maximum atomic E-state index is 5.66. The van der Waals surface area contributed by atoms with E-state index in [9.17, 15) is 0 Å². The lowest BCUT2D eigenvalue weighted by Gasteiger charge is -2.28. The summed E-state index contributed by atoms with van der Waals surface area (Å²) in [4.78, 5) is 0. The van der Waals surface area contributed by atoms with Crippen molar-refractivity contribution in [1.82, 2.24) is 0 Å². The maximum absolute atomic E-state index is 5.66. The molecule has 0 aliphatic carbocycles. The summed E-state index contributed by atoms with van der Waals surface area (Å²) in [5.41, 5.74) is 6.00. The van der Waals surface area contributed by atoms with Crippen LogP contribution in [0.3, 0.4) is 0 Å². The Morgan fingerprint density at radius 1 is 1.00 bits per heavy atom. The molecule has 0 saturated carbocycles. The second-order valence-corrected chi connectivity index (χ2v) is 6.68. The molecule has 108 valence electrons. The number of rotatable bonds is 3. The molecule has 0 bridgehead atoms. The summed E-state index contributed by atoms with van der Waals surface area (Å²) in [6.45, 7) is 6.90. The zero-order valence-electron chi connectivity index (χ0n) is 11.9. The van der Waals surface area contributed by atoms with Gasteiger partial charge in [-0.2, -0.15) is 0 Å². The van der Waals surface area contributed by atoms with Gasteiger partial charge in [0.1, 0.15) is 10.9 Å². The molecule has 4 heteroatoms. The summed E-state index contributed by atoms with van der Waals surface area (Å²) >= 11 is 1.90. The fraction of sp³-hybridized carbons (Fsp3) is 1.00. The van der Waals surface area contributed by atoms with Crippen molar-refractivity contribution in [3.8, 4) is 0 Å². The molecule has 0 radical (unpaired) electrons. The number of ether oxygens (including phenoxy) is 2. The second kappa shape index (κ2) is 10.1. The van der Waals surface area contributed by atoms with Crippen LogP contribution in [0.1, 0.15) is 52.4 Å². The van der Waals surface area contributed by atoms with E-state index in [0.717, 1.165) is 19.8 Å². The van der Waals surface area contributed by atoms with Crippen molar-refractivity contribution in [2.75, 3.05) is 19.8 Å². The Hall–Kier alpha value is 0.230. The van der Waals surface area contributed by atoms with Crippen molar-refractivity contribution in [2.24, 2.45) is 11.7 Å². The molecule has 2 unspecified atom stereocenters. The third kappa shape index (κ3) is 7.62. The van der Waals surface area contributed by atoms with Gasteiger partial charge >= 0.3 is 0 Å². The average Bonchev–Trinajstić information content (AvgIpc) is 2.42. The fourth-order valence-electron chi connectivity index (χ4n) is 1.81. The highest BCUT2D eigenvalue weighted by atomic mass is 32.2. The molecule has 0 amide bonds. The van der Waals surface area contributed by atoms with Gasteiger partial charge in [-0.1, -0.05) is 25.6 Å². The van der Waals surface area contributed by atoms with E-state index in [4.69, 9.17) is 15.2 Å². The molecule has 0 spiro atoms. The summed E-state index contributed by atoms with van der Waals surface area (Å²) in [6, 6.07) is 0. The fourth-order valence-corrected chi connectivity index (χ4v) is 3.10. The van der Waals surface area contributed by atoms with Crippen LogP contribution in [0.25, 0.3) is 0 Å². The van der Waals surface area contributed by atoms with Gasteiger partial charge in [0, 0.05) is 13.2 Å². The summed E-state index contributed by atoms with van der Waals surface area (Å²) < 4.78 is 11.3. The smallest absolute Gasteiger partial charge is 0.105 e. The molecule has 0 aromatic rings. The van der Waals surface area contributed by atoms with Crippen molar-refractivity contribution < 1.29 is 9.47 Å². The largest absolute Gasteiger partial charge is 0.368 e. The van der Waals surface area contributed by atoms with Crippen LogP contribution in [0, 0.1) is 5.92 Å². The molecule has 18 heavy (non-hydrogen) atoms. The van der Waals surface area contributed by atoms with E-state index < -0.39 is 0 Å². The predicted octanol–water partition coefficient (Wildman–Crippen LogP) is 3.37. The Morgan fingerprint density at radius 3 is 1.72 bits per heavy atom. The molecule has 2 fully saturated rings. The third-order valence-electron chi connectivity index (χ3n) is 3.05. The monoisotopic (exact) mass is 275 g/mol. The number of nitrogens with two attached hydrogens (primary N) is 1.